The maximum atomic E-state index is 6.12. The van der Waals surface area contributed by atoms with E-state index in [4.69, 9.17) is 21.3 Å². The molecule has 1 atom stereocenters. The van der Waals surface area contributed by atoms with Crippen molar-refractivity contribution in [1.82, 2.24) is 5.32 Å². The van der Waals surface area contributed by atoms with Crippen molar-refractivity contribution in [2.45, 2.75) is 43.9 Å². The van der Waals surface area contributed by atoms with E-state index in [2.05, 4.69) is 17.2 Å². The molecule has 1 fully saturated rings. The highest BCUT2D eigenvalue weighted by Gasteiger charge is 2.18. The Bertz CT molecular complexity index is 343. The standard InChI is InChI=1S/C13H22ClN3OS/c1-10-12(16-11-4-7-18-8-5-11)17-13(14)15-6-2-3-9-19-10/h10-11H,2-9H2,1H3,(H,15,16,17). The highest BCUT2D eigenvalue weighted by Crippen LogP contribution is 2.18. The van der Waals surface area contributed by atoms with Gasteiger partial charge in [0.15, 0.2) is 5.29 Å². The molecule has 6 heteroatoms. The Kier molecular flexibility index (Phi) is 6.47. The molecule has 0 radical (unpaired) electrons. The van der Waals surface area contributed by atoms with Crippen LogP contribution in [0, 0.1) is 0 Å². The Hall–Kier alpha value is -0.260. The van der Waals surface area contributed by atoms with Crippen molar-refractivity contribution in [2.24, 2.45) is 9.98 Å². The van der Waals surface area contributed by atoms with Gasteiger partial charge < -0.3 is 10.1 Å². The van der Waals surface area contributed by atoms with Crippen LogP contribution < -0.4 is 5.32 Å². The minimum absolute atomic E-state index is 0.338. The summed E-state index contributed by atoms with van der Waals surface area (Å²) in [4.78, 5) is 9.16. The second kappa shape index (κ2) is 8.12. The van der Waals surface area contributed by atoms with Gasteiger partial charge in [0.1, 0.15) is 5.84 Å². The summed E-state index contributed by atoms with van der Waals surface area (Å²) in [7, 11) is 0. The molecular weight excluding hydrogens is 282 g/mol. The van der Waals surface area contributed by atoms with E-state index >= 15 is 0 Å². The van der Waals surface area contributed by atoms with Crippen molar-refractivity contribution in [2.75, 3.05) is 25.5 Å². The zero-order valence-electron chi connectivity index (χ0n) is 11.4. The summed E-state index contributed by atoms with van der Waals surface area (Å²) < 4.78 is 5.37. The number of thioether (sulfide) groups is 1. The number of nitrogens with one attached hydrogen (secondary N) is 1. The number of aliphatic imine (C=N–C) groups is 2. The number of halogens is 1. The second-order valence-electron chi connectivity index (χ2n) is 4.88. The van der Waals surface area contributed by atoms with E-state index in [1.54, 1.807) is 0 Å². The van der Waals surface area contributed by atoms with Gasteiger partial charge in [-0.05, 0) is 50.0 Å². The highest BCUT2D eigenvalue weighted by atomic mass is 35.5. The van der Waals surface area contributed by atoms with Gasteiger partial charge in [0.05, 0.1) is 11.3 Å². The molecule has 0 aliphatic carbocycles. The summed E-state index contributed by atoms with van der Waals surface area (Å²) in [6.45, 7) is 4.60. The van der Waals surface area contributed by atoms with Crippen LogP contribution in [0.3, 0.4) is 0 Å². The first-order chi connectivity index (χ1) is 9.25. The lowest BCUT2D eigenvalue weighted by Gasteiger charge is -2.23. The number of ether oxygens (including phenoxy) is 1. The highest BCUT2D eigenvalue weighted by molar-refractivity contribution is 8.00. The van der Waals surface area contributed by atoms with Crippen molar-refractivity contribution in [3.8, 4) is 0 Å². The molecule has 19 heavy (non-hydrogen) atoms. The molecule has 2 aliphatic heterocycles. The molecule has 0 aromatic rings. The van der Waals surface area contributed by atoms with Crippen LogP contribution in [0.5, 0.6) is 0 Å². The van der Waals surface area contributed by atoms with Crippen LogP contribution in [0.1, 0.15) is 32.6 Å². The topological polar surface area (TPSA) is 46.0 Å². The van der Waals surface area contributed by atoms with E-state index in [0.717, 1.165) is 50.6 Å². The Morgan fingerprint density at radius 1 is 1.37 bits per heavy atom. The number of rotatable bonds is 1. The average molecular weight is 304 g/mol. The summed E-state index contributed by atoms with van der Waals surface area (Å²) in [6.07, 6.45) is 4.28. The van der Waals surface area contributed by atoms with E-state index in [1.807, 2.05) is 11.8 Å². The maximum absolute atomic E-state index is 6.12. The van der Waals surface area contributed by atoms with Crippen molar-refractivity contribution >= 4 is 34.5 Å². The van der Waals surface area contributed by atoms with E-state index in [9.17, 15) is 0 Å². The molecule has 0 spiro atoms. The van der Waals surface area contributed by atoms with Gasteiger partial charge in [0, 0.05) is 19.8 Å². The molecule has 1 unspecified atom stereocenters. The Morgan fingerprint density at radius 3 is 2.95 bits per heavy atom. The van der Waals surface area contributed by atoms with E-state index in [-0.39, 0.29) is 0 Å². The normalized spacial score (nSPS) is 29.7. The van der Waals surface area contributed by atoms with E-state index < -0.39 is 0 Å². The molecule has 0 amide bonds. The summed E-state index contributed by atoms with van der Waals surface area (Å²) in [6, 6.07) is 0.353. The fraction of sp³-hybridized carbons (Fsp3) is 0.846. The van der Waals surface area contributed by atoms with Crippen LogP contribution in [0.4, 0.5) is 0 Å². The second-order valence-corrected chi connectivity index (χ2v) is 6.68. The zero-order chi connectivity index (χ0) is 13.5. The van der Waals surface area contributed by atoms with Crippen LogP contribution in [0.25, 0.3) is 0 Å². The third-order valence-corrected chi connectivity index (χ3v) is 4.76. The van der Waals surface area contributed by atoms with Gasteiger partial charge in [0.2, 0.25) is 0 Å². The number of hydrogen-bond donors (Lipinski definition) is 1. The number of amidine groups is 2. The van der Waals surface area contributed by atoms with E-state index in [0.29, 0.717) is 16.6 Å². The lowest BCUT2D eigenvalue weighted by Crippen LogP contribution is -2.36. The third kappa shape index (κ3) is 5.32. The van der Waals surface area contributed by atoms with Crippen LogP contribution in [0.15, 0.2) is 9.98 Å². The number of nitrogens with zero attached hydrogens (tertiary/aromatic N) is 2. The zero-order valence-corrected chi connectivity index (χ0v) is 13.0. The average Bonchev–Trinajstić information content (AvgIpc) is 2.42. The first-order valence-corrected chi connectivity index (χ1v) is 8.42. The summed E-state index contributed by atoms with van der Waals surface area (Å²) in [5.74, 6) is 2.12. The van der Waals surface area contributed by atoms with Gasteiger partial charge in [-0.2, -0.15) is 11.8 Å². The third-order valence-electron chi connectivity index (χ3n) is 3.30. The van der Waals surface area contributed by atoms with Crippen LogP contribution >= 0.6 is 23.4 Å². The predicted octanol–water partition coefficient (Wildman–Crippen LogP) is 2.66. The molecule has 108 valence electrons. The van der Waals surface area contributed by atoms with Gasteiger partial charge in [-0.3, -0.25) is 9.98 Å². The van der Waals surface area contributed by atoms with Crippen molar-refractivity contribution in [3.05, 3.63) is 0 Å². The molecule has 2 rings (SSSR count). The van der Waals surface area contributed by atoms with Crippen LogP contribution in [0.2, 0.25) is 0 Å². The van der Waals surface area contributed by atoms with Crippen molar-refractivity contribution in [3.63, 3.8) is 0 Å². The van der Waals surface area contributed by atoms with Gasteiger partial charge in [0.25, 0.3) is 0 Å². The Labute approximate surface area is 124 Å². The predicted molar refractivity (Wildman–Crippen MR) is 83.7 cm³/mol. The lowest BCUT2D eigenvalue weighted by molar-refractivity contribution is 0.0870. The van der Waals surface area contributed by atoms with Crippen LogP contribution in [-0.2, 0) is 4.74 Å². The Balaban J connectivity index is 2.06. The minimum atomic E-state index is 0.338. The summed E-state index contributed by atoms with van der Waals surface area (Å²) >= 11 is 8.06. The van der Waals surface area contributed by atoms with Gasteiger partial charge in [-0.25, -0.2) is 0 Å². The Morgan fingerprint density at radius 2 is 2.16 bits per heavy atom. The number of hydrogen-bond acceptors (Lipinski definition) is 4. The summed E-state index contributed by atoms with van der Waals surface area (Å²) in [5.41, 5.74) is 0. The largest absolute Gasteiger partial charge is 0.381 e. The fourth-order valence-corrected chi connectivity index (χ4v) is 3.31. The van der Waals surface area contributed by atoms with Gasteiger partial charge in [-0.15, -0.1) is 0 Å². The smallest absolute Gasteiger partial charge is 0.196 e. The van der Waals surface area contributed by atoms with Gasteiger partial charge >= 0.3 is 0 Å². The van der Waals surface area contributed by atoms with Crippen molar-refractivity contribution < 1.29 is 4.74 Å². The fourth-order valence-electron chi connectivity index (χ4n) is 2.13. The SMILES string of the molecule is CC1SCCCCN=C(Cl)NC1=NC1CCOCC1. The van der Waals surface area contributed by atoms with Gasteiger partial charge in [-0.1, -0.05) is 0 Å². The molecule has 4 nitrogen and oxygen atoms in total. The van der Waals surface area contributed by atoms with Crippen LogP contribution in [-0.4, -0.2) is 47.9 Å². The van der Waals surface area contributed by atoms with E-state index in [1.165, 1.54) is 6.42 Å². The first kappa shape index (κ1) is 15.1. The molecule has 2 heterocycles. The minimum Gasteiger partial charge on any atom is -0.381 e. The summed E-state index contributed by atoms with van der Waals surface area (Å²) in [5, 5.41) is 4.00. The molecule has 0 bridgehead atoms. The molecule has 0 saturated carbocycles. The maximum Gasteiger partial charge on any atom is 0.196 e. The molecule has 1 saturated heterocycles. The quantitative estimate of drug-likeness (QED) is 0.758. The lowest BCUT2D eigenvalue weighted by atomic mass is 10.1. The molecule has 0 aromatic heterocycles. The molecular formula is C13H22ClN3OS. The molecule has 2 aliphatic rings. The first-order valence-electron chi connectivity index (χ1n) is 6.99. The van der Waals surface area contributed by atoms with Crippen molar-refractivity contribution in [1.29, 1.82) is 0 Å². The molecule has 1 N–H and O–H groups in total. The monoisotopic (exact) mass is 303 g/mol. The molecule has 0 aromatic carbocycles.